The van der Waals surface area contributed by atoms with Crippen LogP contribution in [-0.4, -0.2) is 19.1 Å². The molecule has 0 aliphatic carbocycles. The summed E-state index contributed by atoms with van der Waals surface area (Å²) in [4.78, 5) is 14.0. The molecule has 1 heterocycles. The van der Waals surface area contributed by atoms with Gasteiger partial charge in [0, 0.05) is 28.5 Å². The van der Waals surface area contributed by atoms with E-state index in [2.05, 4.69) is 0 Å². The summed E-state index contributed by atoms with van der Waals surface area (Å²) in [7, 11) is 0. The molecule has 0 aromatic heterocycles. The minimum atomic E-state index is -0.0747. The van der Waals surface area contributed by atoms with E-state index in [1.807, 2.05) is 18.2 Å². The Balaban J connectivity index is 1.68. The van der Waals surface area contributed by atoms with Crippen LogP contribution >= 0.6 is 11.6 Å². The van der Waals surface area contributed by atoms with Crippen molar-refractivity contribution in [2.24, 2.45) is 0 Å². The maximum absolute atomic E-state index is 12.3. The van der Waals surface area contributed by atoms with Crippen LogP contribution in [0.5, 0.6) is 5.75 Å². The Morgan fingerprint density at radius 2 is 2.00 bits per heavy atom. The molecular formula is C16H15ClN2O2. The van der Waals surface area contributed by atoms with Crippen molar-refractivity contribution in [1.82, 2.24) is 0 Å². The summed E-state index contributed by atoms with van der Waals surface area (Å²) < 4.78 is 5.50. The van der Waals surface area contributed by atoms with Gasteiger partial charge in [0.2, 0.25) is 0 Å². The second-order valence-corrected chi connectivity index (χ2v) is 5.32. The predicted molar refractivity (Wildman–Crippen MR) is 83.9 cm³/mol. The number of nitrogens with zero attached hydrogens (tertiary/aromatic N) is 1. The molecule has 0 saturated heterocycles. The fraction of sp³-hybridized carbons (Fsp3) is 0.188. The van der Waals surface area contributed by atoms with E-state index in [1.165, 1.54) is 0 Å². The first kappa shape index (κ1) is 13.8. The number of rotatable bonds is 3. The molecule has 21 heavy (non-hydrogen) atoms. The summed E-state index contributed by atoms with van der Waals surface area (Å²) in [5, 5.41) is 0.637. The second-order valence-electron chi connectivity index (χ2n) is 4.88. The normalized spacial score (nSPS) is 13.1. The molecule has 0 spiro atoms. The highest BCUT2D eigenvalue weighted by molar-refractivity contribution is 6.30. The smallest absolute Gasteiger partial charge is 0.264 e. The molecule has 0 bridgehead atoms. The second kappa shape index (κ2) is 5.66. The highest BCUT2D eigenvalue weighted by atomic mass is 35.5. The molecule has 2 aromatic rings. The number of halogens is 1. The van der Waals surface area contributed by atoms with Crippen LogP contribution in [0.3, 0.4) is 0 Å². The molecule has 1 aliphatic rings. The SMILES string of the molecule is Nc1cccc2c1CCN2C(=O)COc1ccc(Cl)cc1. The number of hydrogen-bond donors (Lipinski definition) is 1. The van der Waals surface area contributed by atoms with E-state index in [-0.39, 0.29) is 12.5 Å². The van der Waals surface area contributed by atoms with E-state index in [0.717, 1.165) is 23.4 Å². The molecule has 2 aromatic carbocycles. The molecule has 4 nitrogen and oxygen atoms in total. The van der Waals surface area contributed by atoms with Crippen LogP contribution in [0, 0.1) is 0 Å². The predicted octanol–water partition coefficient (Wildman–Crippen LogP) is 2.89. The standard InChI is InChI=1S/C16H15ClN2O2/c17-11-4-6-12(7-5-11)21-10-16(20)19-9-8-13-14(18)2-1-3-15(13)19/h1-7H,8-10,18H2. The van der Waals surface area contributed by atoms with Gasteiger partial charge in [0.25, 0.3) is 5.91 Å². The molecule has 0 atom stereocenters. The van der Waals surface area contributed by atoms with Crippen LogP contribution in [0.2, 0.25) is 5.02 Å². The van der Waals surface area contributed by atoms with Gasteiger partial charge in [0.05, 0.1) is 0 Å². The molecule has 0 saturated carbocycles. The minimum absolute atomic E-state index is 0.00410. The van der Waals surface area contributed by atoms with Gasteiger partial charge in [-0.05, 0) is 42.8 Å². The van der Waals surface area contributed by atoms with Crippen LogP contribution in [-0.2, 0) is 11.2 Å². The van der Waals surface area contributed by atoms with Gasteiger partial charge in [0.15, 0.2) is 6.61 Å². The minimum Gasteiger partial charge on any atom is -0.484 e. The molecule has 0 radical (unpaired) electrons. The average Bonchev–Trinajstić information content (AvgIpc) is 2.92. The van der Waals surface area contributed by atoms with Crippen molar-refractivity contribution in [1.29, 1.82) is 0 Å². The third-order valence-electron chi connectivity index (χ3n) is 3.54. The Morgan fingerprint density at radius 1 is 1.24 bits per heavy atom. The van der Waals surface area contributed by atoms with E-state index in [1.54, 1.807) is 29.2 Å². The van der Waals surface area contributed by atoms with Crippen molar-refractivity contribution in [2.45, 2.75) is 6.42 Å². The number of carbonyl (C=O) groups is 1. The lowest BCUT2D eigenvalue weighted by Crippen LogP contribution is -2.33. The van der Waals surface area contributed by atoms with Crippen LogP contribution in [0.1, 0.15) is 5.56 Å². The summed E-state index contributed by atoms with van der Waals surface area (Å²) in [5.74, 6) is 0.550. The number of nitrogens with two attached hydrogens (primary N) is 1. The fourth-order valence-electron chi connectivity index (χ4n) is 2.47. The molecule has 3 rings (SSSR count). The molecule has 0 fully saturated rings. The molecule has 0 unspecified atom stereocenters. The number of amides is 1. The van der Waals surface area contributed by atoms with Gasteiger partial charge in [-0.1, -0.05) is 17.7 Å². The van der Waals surface area contributed by atoms with Crippen molar-refractivity contribution in [2.75, 3.05) is 23.8 Å². The quantitative estimate of drug-likeness (QED) is 0.887. The zero-order valence-corrected chi connectivity index (χ0v) is 12.1. The van der Waals surface area contributed by atoms with Crippen LogP contribution in [0.15, 0.2) is 42.5 Å². The lowest BCUT2D eigenvalue weighted by Gasteiger charge is -2.17. The monoisotopic (exact) mass is 302 g/mol. The fourth-order valence-corrected chi connectivity index (χ4v) is 2.60. The van der Waals surface area contributed by atoms with Gasteiger partial charge in [-0.2, -0.15) is 0 Å². The summed E-state index contributed by atoms with van der Waals surface area (Å²) in [6.45, 7) is 0.641. The van der Waals surface area contributed by atoms with Gasteiger partial charge in [-0.3, -0.25) is 4.79 Å². The lowest BCUT2D eigenvalue weighted by molar-refractivity contribution is -0.120. The first-order valence-electron chi connectivity index (χ1n) is 6.71. The van der Waals surface area contributed by atoms with Gasteiger partial charge in [0.1, 0.15) is 5.75 Å². The molecular weight excluding hydrogens is 288 g/mol. The number of anilines is 2. The van der Waals surface area contributed by atoms with E-state index in [4.69, 9.17) is 22.1 Å². The van der Waals surface area contributed by atoms with Crippen molar-refractivity contribution < 1.29 is 9.53 Å². The summed E-state index contributed by atoms with van der Waals surface area (Å²) in [6.07, 6.45) is 0.786. The highest BCUT2D eigenvalue weighted by Gasteiger charge is 2.25. The average molecular weight is 303 g/mol. The Labute approximate surface area is 128 Å². The Hall–Kier alpha value is -2.20. The Kier molecular flexibility index (Phi) is 3.71. The number of ether oxygens (including phenoxy) is 1. The van der Waals surface area contributed by atoms with Gasteiger partial charge in [-0.15, -0.1) is 0 Å². The van der Waals surface area contributed by atoms with E-state index in [0.29, 0.717) is 17.3 Å². The van der Waals surface area contributed by atoms with Crippen LogP contribution in [0.25, 0.3) is 0 Å². The highest BCUT2D eigenvalue weighted by Crippen LogP contribution is 2.32. The van der Waals surface area contributed by atoms with Gasteiger partial charge >= 0.3 is 0 Å². The number of fused-ring (bicyclic) bond motifs is 1. The van der Waals surface area contributed by atoms with Crippen molar-refractivity contribution in [3.63, 3.8) is 0 Å². The third-order valence-corrected chi connectivity index (χ3v) is 3.79. The maximum atomic E-state index is 12.3. The zero-order chi connectivity index (χ0) is 14.8. The van der Waals surface area contributed by atoms with Gasteiger partial charge in [-0.25, -0.2) is 0 Å². The van der Waals surface area contributed by atoms with Crippen LogP contribution < -0.4 is 15.4 Å². The first-order valence-corrected chi connectivity index (χ1v) is 7.09. The largest absolute Gasteiger partial charge is 0.484 e. The summed E-state index contributed by atoms with van der Waals surface area (Å²) in [6, 6.07) is 12.6. The first-order chi connectivity index (χ1) is 10.1. The number of hydrogen-bond acceptors (Lipinski definition) is 3. The third kappa shape index (κ3) is 2.81. The molecule has 108 valence electrons. The van der Waals surface area contributed by atoms with Crippen molar-refractivity contribution >= 4 is 28.9 Å². The van der Waals surface area contributed by atoms with E-state index in [9.17, 15) is 4.79 Å². The lowest BCUT2D eigenvalue weighted by atomic mass is 10.1. The number of nitrogen functional groups attached to an aromatic ring is 1. The van der Waals surface area contributed by atoms with Crippen molar-refractivity contribution in [3.05, 3.63) is 53.1 Å². The zero-order valence-electron chi connectivity index (χ0n) is 11.4. The molecule has 2 N–H and O–H groups in total. The van der Waals surface area contributed by atoms with Crippen molar-refractivity contribution in [3.8, 4) is 5.75 Å². The summed E-state index contributed by atoms with van der Waals surface area (Å²) >= 11 is 5.81. The Morgan fingerprint density at radius 3 is 2.76 bits per heavy atom. The molecule has 5 heteroatoms. The topological polar surface area (TPSA) is 55.6 Å². The van der Waals surface area contributed by atoms with E-state index < -0.39 is 0 Å². The Bertz CT molecular complexity index is 670. The molecule has 1 amide bonds. The van der Waals surface area contributed by atoms with Gasteiger partial charge < -0.3 is 15.4 Å². The summed E-state index contributed by atoms with van der Waals surface area (Å²) in [5.41, 5.74) is 8.60. The maximum Gasteiger partial charge on any atom is 0.264 e. The van der Waals surface area contributed by atoms with E-state index >= 15 is 0 Å². The number of benzene rings is 2. The molecule has 1 aliphatic heterocycles. The number of carbonyl (C=O) groups excluding carboxylic acids is 1. The van der Waals surface area contributed by atoms with Crippen LogP contribution in [0.4, 0.5) is 11.4 Å².